The van der Waals surface area contributed by atoms with Crippen molar-refractivity contribution < 1.29 is 19.1 Å². The minimum atomic E-state index is -0.292. The van der Waals surface area contributed by atoms with Gasteiger partial charge in [0, 0.05) is 18.2 Å². The van der Waals surface area contributed by atoms with E-state index in [1.165, 1.54) is 11.3 Å². The maximum atomic E-state index is 12.7. The number of carbonyl (C=O) groups is 2. The average molecular weight is 396 g/mol. The first-order valence-electron chi connectivity index (χ1n) is 8.55. The molecule has 0 saturated heterocycles. The molecular formula is C21H20N2O4S. The largest absolute Gasteiger partial charge is 0.497 e. The Hall–Kier alpha value is -3.32. The Morgan fingerprint density at radius 3 is 2.50 bits per heavy atom. The van der Waals surface area contributed by atoms with Gasteiger partial charge in [0.25, 0.3) is 11.8 Å². The molecule has 0 spiro atoms. The Kier molecular flexibility index (Phi) is 6.29. The summed E-state index contributed by atoms with van der Waals surface area (Å²) in [5.41, 5.74) is 1.66. The normalized spacial score (nSPS) is 10.2. The van der Waals surface area contributed by atoms with Gasteiger partial charge in [-0.15, -0.1) is 11.3 Å². The van der Waals surface area contributed by atoms with E-state index in [2.05, 4.69) is 10.6 Å². The van der Waals surface area contributed by atoms with E-state index in [1.54, 1.807) is 62.8 Å². The summed E-state index contributed by atoms with van der Waals surface area (Å²) in [6.45, 7) is 0.277. The van der Waals surface area contributed by atoms with Crippen LogP contribution in [0, 0.1) is 0 Å². The van der Waals surface area contributed by atoms with E-state index >= 15 is 0 Å². The van der Waals surface area contributed by atoms with Crippen molar-refractivity contribution in [2.45, 2.75) is 6.54 Å². The zero-order valence-corrected chi connectivity index (χ0v) is 16.3. The number of nitrogens with one attached hydrogen (secondary N) is 2. The van der Waals surface area contributed by atoms with Crippen molar-refractivity contribution in [2.24, 2.45) is 0 Å². The number of hydrogen-bond donors (Lipinski definition) is 2. The number of para-hydroxylation sites is 1. The topological polar surface area (TPSA) is 76.7 Å². The molecule has 0 fully saturated rings. The molecule has 0 saturated carbocycles. The van der Waals surface area contributed by atoms with Gasteiger partial charge in [0.2, 0.25) is 0 Å². The lowest BCUT2D eigenvalue weighted by atomic mass is 10.1. The Bertz CT molecular complexity index is 970. The summed E-state index contributed by atoms with van der Waals surface area (Å²) < 4.78 is 10.5. The molecule has 6 nitrogen and oxygen atoms in total. The van der Waals surface area contributed by atoms with Crippen LogP contribution < -0.4 is 20.1 Å². The van der Waals surface area contributed by atoms with Gasteiger partial charge in [-0.25, -0.2) is 0 Å². The van der Waals surface area contributed by atoms with Crippen molar-refractivity contribution in [3.63, 3.8) is 0 Å². The second kappa shape index (κ2) is 9.05. The lowest BCUT2D eigenvalue weighted by molar-refractivity contribution is 0.0951. The number of rotatable bonds is 7. The van der Waals surface area contributed by atoms with E-state index in [1.807, 2.05) is 11.4 Å². The SMILES string of the molecule is COc1ccc(CNC(=O)c2ccccc2NC(=O)c2cccs2)c(OC)c1. The Balaban J connectivity index is 1.72. The van der Waals surface area contributed by atoms with E-state index < -0.39 is 0 Å². The van der Waals surface area contributed by atoms with Gasteiger partial charge in [0.15, 0.2) is 0 Å². The number of methoxy groups -OCH3 is 2. The Morgan fingerprint density at radius 1 is 0.964 bits per heavy atom. The van der Waals surface area contributed by atoms with Crippen LogP contribution in [0.3, 0.4) is 0 Å². The molecule has 1 aromatic heterocycles. The molecule has 2 N–H and O–H groups in total. The number of hydrogen-bond acceptors (Lipinski definition) is 5. The second-order valence-corrected chi connectivity index (χ2v) is 6.79. The van der Waals surface area contributed by atoms with Gasteiger partial charge in [-0.1, -0.05) is 18.2 Å². The maximum absolute atomic E-state index is 12.7. The molecule has 0 aliphatic heterocycles. The molecule has 1 heterocycles. The summed E-state index contributed by atoms with van der Waals surface area (Å²) in [7, 11) is 3.15. The standard InChI is InChI=1S/C21H20N2O4S/c1-26-15-10-9-14(18(12-15)27-2)13-22-20(24)16-6-3-4-7-17(16)23-21(25)19-8-5-11-28-19/h3-12H,13H2,1-2H3,(H,22,24)(H,23,25). The second-order valence-electron chi connectivity index (χ2n) is 5.84. The third kappa shape index (κ3) is 4.50. The first kappa shape index (κ1) is 19.4. The monoisotopic (exact) mass is 396 g/mol. The minimum Gasteiger partial charge on any atom is -0.497 e. The quantitative estimate of drug-likeness (QED) is 0.634. The fraction of sp³-hybridized carbons (Fsp3) is 0.143. The fourth-order valence-electron chi connectivity index (χ4n) is 2.65. The van der Waals surface area contributed by atoms with Crippen molar-refractivity contribution in [2.75, 3.05) is 19.5 Å². The highest BCUT2D eigenvalue weighted by molar-refractivity contribution is 7.12. The lowest BCUT2D eigenvalue weighted by Crippen LogP contribution is -2.25. The van der Waals surface area contributed by atoms with Crippen molar-refractivity contribution in [1.29, 1.82) is 0 Å². The zero-order chi connectivity index (χ0) is 19.9. The van der Waals surface area contributed by atoms with Crippen LogP contribution in [0.5, 0.6) is 11.5 Å². The van der Waals surface area contributed by atoms with Crippen LogP contribution in [0.2, 0.25) is 0 Å². The highest BCUT2D eigenvalue weighted by Crippen LogP contribution is 2.25. The molecule has 0 aliphatic carbocycles. The highest BCUT2D eigenvalue weighted by atomic mass is 32.1. The van der Waals surface area contributed by atoms with E-state index in [-0.39, 0.29) is 18.4 Å². The van der Waals surface area contributed by atoms with Gasteiger partial charge in [0.1, 0.15) is 11.5 Å². The summed E-state index contributed by atoms with van der Waals surface area (Å²) in [6, 6.07) is 15.8. The Morgan fingerprint density at radius 2 is 1.79 bits per heavy atom. The molecule has 28 heavy (non-hydrogen) atoms. The van der Waals surface area contributed by atoms with E-state index in [9.17, 15) is 9.59 Å². The summed E-state index contributed by atoms with van der Waals surface area (Å²) in [4.78, 5) is 25.6. The minimum absolute atomic E-state index is 0.243. The third-order valence-corrected chi connectivity index (χ3v) is 4.97. The van der Waals surface area contributed by atoms with Gasteiger partial charge in [-0.05, 0) is 35.7 Å². The summed E-state index contributed by atoms with van der Waals surface area (Å²) in [6.07, 6.45) is 0. The van der Waals surface area contributed by atoms with E-state index in [0.717, 1.165) is 5.56 Å². The smallest absolute Gasteiger partial charge is 0.265 e. The predicted octanol–water partition coefficient (Wildman–Crippen LogP) is 3.95. The molecule has 3 aromatic rings. The molecule has 0 aliphatic rings. The van der Waals surface area contributed by atoms with Crippen LogP contribution in [0.1, 0.15) is 25.6 Å². The highest BCUT2D eigenvalue weighted by Gasteiger charge is 2.15. The predicted molar refractivity (Wildman–Crippen MR) is 109 cm³/mol. The summed E-state index contributed by atoms with van der Waals surface area (Å²) >= 11 is 1.34. The molecule has 2 aromatic carbocycles. The molecule has 7 heteroatoms. The van der Waals surface area contributed by atoms with Crippen LogP contribution in [0.15, 0.2) is 60.0 Å². The lowest BCUT2D eigenvalue weighted by Gasteiger charge is -2.13. The molecule has 3 rings (SSSR count). The number of anilines is 1. The van der Waals surface area contributed by atoms with Crippen LogP contribution in [0.4, 0.5) is 5.69 Å². The van der Waals surface area contributed by atoms with Crippen LogP contribution in [0.25, 0.3) is 0 Å². The van der Waals surface area contributed by atoms with E-state index in [4.69, 9.17) is 9.47 Å². The third-order valence-electron chi connectivity index (χ3n) is 4.10. The van der Waals surface area contributed by atoms with Crippen molar-refractivity contribution in [3.05, 3.63) is 76.0 Å². The van der Waals surface area contributed by atoms with Gasteiger partial charge < -0.3 is 20.1 Å². The number of amides is 2. The van der Waals surface area contributed by atoms with Gasteiger partial charge >= 0.3 is 0 Å². The molecule has 0 atom stereocenters. The van der Waals surface area contributed by atoms with Crippen LogP contribution >= 0.6 is 11.3 Å². The van der Waals surface area contributed by atoms with Crippen molar-refractivity contribution >= 4 is 28.8 Å². The molecular weight excluding hydrogens is 376 g/mol. The molecule has 144 valence electrons. The maximum Gasteiger partial charge on any atom is 0.265 e. The number of carbonyl (C=O) groups excluding carboxylic acids is 2. The number of ether oxygens (including phenoxy) is 2. The number of thiophene rings is 1. The zero-order valence-electron chi connectivity index (χ0n) is 15.5. The van der Waals surface area contributed by atoms with Gasteiger partial charge in [-0.2, -0.15) is 0 Å². The molecule has 2 amide bonds. The van der Waals surface area contributed by atoms with Gasteiger partial charge in [0.05, 0.1) is 30.3 Å². The summed E-state index contributed by atoms with van der Waals surface area (Å²) in [5, 5.41) is 7.50. The van der Waals surface area contributed by atoms with Crippen molar-refractivity contribution in [1.82, 2.24) is 5.32 Å². The molecule has 0 radical (unpaired) electrons. The number of benzene rings is 2. The van der Waals surface area contributed by atoms with Crippen molar-refractivity contribution in [3.8, 4) is 11.5 Å². The average Bonchev–Trinajstić information content (AvgIpc) is 3.27. The van der Waals surface area contributed by atoms with Crippen LogP contribution in [-0.4, -0.2) is 26.0 Å². The van der Waals surface area contributed by atoms with Crippen LogP contribution in [-0.2, 0) is 6.54 Å². The molecule has 0 unspecified atom stereocenters. The Labute approximate surface area is 167 Å². The first-order valence-corrected chi connectivity index (χ1v) is 9.43. The first-order chi connectivity index (χ1) is 13.6. The fourth-order valence-corrected chi connectivity index (χ4v) is 3.27. The van der Waals surface area contributed by atoms with Gasteiger partial charge in [-0.3, -0.25) is 9.59 Å². The van der Waals surface area contributed by atoms with E-state index in [0.29, 0.717) is 27.6 Å². The molecule has 0 bridgehead atoms. The summed E-state index contributed by atoms with van der Waals surface area (Å²) in [5.74, 6) is 0.763.